The fourth-order valence-corrected chi connectivity index (χ4v) is 2.30. The standard InChI is InChI=1S/C17H19N5O5/c1-2-27-17(24)21-14-9-13(15(22(25)26)16(18)20-14)19-10-12(23)8-11-6-4-3-5-7-11/h3-7,9H,2,8,10H2,1H3,(H4,18,19,20,21,24). The summed E-state index contributed by atoms with van der Waals surface area (Å²) in [5.41, 5.74) is 5.96. The van der Waals surface area contributed by atoms with E-state index in [0.717, 1.165) is 5.56 Å². The molecule has 2 aromatic rings. The Morgan fingerprint density at radius 2 is 2.00 bits per heavy atom. The molecule has 0 atom stereocenters. The van der Waals surface area contributed by atoms with Crippen LogP contribution in [0.1, 0.15) is 12.5 Å². The number of rotatable bonds is 8. The Hall–Kier alpha value is -3.69. The molecule has 4 N–H and O–H groups in total. The number of hydrogen-bond acceptors (Lipinski definition) is 8. The summed E-state index contributed by atoms with van der Waals surface area (Å²) in [7, 11) is 0. The topological polar surface area (TPSA) is 149 Å². The molecule has 0 fully saturated rings. The van der Waals surface area contributed by atoms with Gasteiger partial charge in [-0.25, -0.2) is 9.78 Å². The van der Waals surface area contributed by atoms with Crippen LogP contribution in [0.25, 0.3) is 0 Å². The molecule has 0 aliphatic carbocycles. The lowest BCUT2D eigenvalue weighted by Crippen LogP contribution is -2.19. The van der Waals surface area contributed by atoms with E-state index in [1.54, 1.807) is 6.92 Å². The molecule has 142 valence electrons. The molecule has 0 unspecified atom stereocenters. The summed E-state index contributed by atoms with van der Waals surface area (Å²) in [5.74, 6) is -0.604. The van der Waals surface area contributed by atoms with Crippen LogP contribution in [0.5, 0.6) is 0 Å². The minimum absolute atomic E-state index is 0.0271. The zero-order valence-electron chi connectivity index (χ0n) is 14.6. The number of nitro groups is 1. The Bertz CT molecular complexity index is 841. The largest absolute Gasteiger partial charge is 0.450 e. The predicted molar refractivity (Wildman–Crippen MR) is 99.6 cm³/mol. The van der Waals surface area contributed by atoms with Gasteiger partial charge in [0.05, 0.1) is 18.1 Å². The lowest BCUT2D eigenvalue weighted by molar-refractivity contribution is -0.383. The Morgan fingerprint density at radius 1 is 1.30 bits per heavy atom. The Balaban J connectivity index is 2.15. The van der Waals surface area contributed by atoms with Gasteiger partial charge in [-0.2, -0.15) is 0 Å². The lowest BCUT2D eigenvalue weighted by atomic mass is 10.1. The van der Waals surface area contributed by atoms with Gasteiger partial charge in [0.2, 0.25) is 5.82 Å². The number of carbonyl (C=O) groups excluding carboxylic acids is 2. The van der Waals surface area contributed by atoms with Crippen LogP contribution < -0.4 is 16.4 Å². The predicted octanol–water partition coefficient (Wildman–Crippen LogP) is 2.36. The van der Waals surface area contributed by atoms with Crippen molar-refractivity contribution in [2.45, 2.75) is 13.3 Å². The van der Waals surface area contributed by atoms with E-state index in [-0.39, 0.29) is 36.9 Å². The lowest BCUT2D eigenvalue weighted by Gasteiger charge is -2.11. The first kappa shape index (κ1) is 19.6. The maximum absolute atomic E-state index is 12.1. The van der Waals surface area contributed by atoms with Crippen LogP contribution in [0.3, 0.4) is 0 Å². The van der Waals surface area contributed by atoms with E-state index < -0.39 is 22.5 Å². The summed E-state index contributed by atoms with van der Waals surface area (Å²) in [6.45, 7) is 1.62. The number of carbonyl (C=O) groups is 2. The van der Waals surface area contributed by atoms with Gasteiger partial charge >= 0.3 is 11.8 Å². The zero-order chi connectivity index (χ0) is 19.8. The van der Waals surface area contributed by atoms with E-state index in [4.69, 9.17) is 10.5 Å². The van der Waals surface area contributed by atoms with E-state index in [1.807, 2.05) is 30.3 Å². The highest BCUT2D eigenvalue weighted by Crippen LogP contribution is 2.31. The highest BCUT2D eigenvalue weighted by molar-refractivity contribution is 5.89. The van der Waals surface area contributed by atoms with Gasteiger partial charge in [0, 0.05) is 12.5 Å². The van der Waals surface area contributed by atoms with Crippen molar-refractivity contribution in [2.24, 2.45) is 0 Å². The fourth-order valence-electron chi connectivity index (χ4n) is 2.30. The maximum Gasteiger partial charge on any atom is 0.412 e. The van der Waals surface area contributed by atoms with Crippen LogP contribution in [0.15, 0.2) is 36.4 Å². The van der Waals surface area contributed by atoms with Gasteiger partial charge in [0.15, 0.2) is 5.78 Å². The van der Waals surface area contributed by atoms with Crippen LogP contribution in [0.4, 0.5) is 27.8 Å². The number of hydrogen-bond donors (Lipinski definition) is 3. The molecule has 10 heteroatoms. The van der Waals surface area contributed by atoms with Crippen molar-refractivity contribution in [1.29, 1.82) is 0 Å². The third-order valence-corrected chi connectivity index (χ3v) is 3.43. The number of nitrogen functional groups attached to an aromatic ring is 1. The minimum atomic E-state index is -0.774. The minimum Gasteiger partial charge on any atom is -0.450 e. The highest BCUT2D eigenvalue weighted by Gasteiger charge is 2.22. The van der Waals surface area contributed by atoms with Gasteiger partial charge < -0.3 is 15.8 Å². The number of nitrogens with one attached hydrogen (secondary N) is 2. The molecule has 27 heavy (non-hydrogen) atoms. The molecule has 1 amide bonds. The van der Waals surface area contributed by atoms with Crippen LogP contribution in [-0.4, -0.2) is 34.9 Å². The first-order chi connectivity index (χ1) is 12.9. The SMILES string of the molecule is CCOC(=O)Nc1cc(NCC(=O)Cc2ccccc2)c([N+](=O)[O-])c(N)n1. The molecule has 0 bridgehead atoms. The quantitative estimate of drug-likeness (QED) is 0.471. The number of ketones is 1. The summed E-state index contributed by atoms with van der Waals surface area (Å²) < 4.78 is 4.73. The molecule has 0 saturated carbocycles. The second-order valence-electron chi connectivity index (χ2n) is 5.45. The first-order valence-corrected chi connectivity index (χ1v) is 8.09. The van der Waals surface area contributed by atoms with Gasteiger partial charge in [-0.15, -0.1) is 0 Å². The molecule has 10 nitrogen and oxygen atoms in total. The van der Waals surface area contributed by atoms with Crippen molar-refractivity contribution in [3.05, 3.63) is 52.1 Å². The molecule has 1 heterocycles. The first-order valence-electron chi connectivity index (χ1n) is 8.09. The van der Waals surface area contributed by atoms with E-state index in [2.05, 4.69) is 15.6 Å². The van der Waals surface area contributed by atoms with Crippen LogP contribution in [-0.2, 0) is 16.0 Å². The molecular formula is C17H19N5O5. The number of nitrogens with zero attached hydrogens (tertiary/aromatic N) is 2. The van der Waals surface area contributed by atoms with Gasteiger partial charge in [0.1, 0.15) is 11.5 Å². The van der Waals surface area contributed by atoms with Crippen LogP contribution >= 0.6 is 0 Å². The third-order valence-electron chi connectivity index (χ3n) is 3.43. The monoisotopic (exact) mass is 373 g/mol. The van der Waals surface area contributed by atoms with E-state index in [9.17, 15) is 19.7 Å². The summed E-state index contributed by atoms with van der Waals surface area (Å²) in [6, 6.07) is 10.3. The molecule has 0 radical (unpaired) electrons. The molecule has 0 saturated heterocycles. The number of Topliss-reactive ketones (excluding diaryl/α,β-unsaturated/α-hetero) is 1. The summed E-state index contributed by atoms with van der Waals surface area (Å²) in [5, 5.41) is 16.3. The number of aromatic nitrogens is 1. The number of ether oxygens (including phenoxy) is 1. The van der Waals surface area contributed by atoms with Crippen molar-refractivity contribution in [3.63, 3.8) is 0 Å². The molecule has 0 aliphatic heterocycles. The van der Waals surface area contributed by atoms with Crippen molar-refractivity contribution in [1.82, 2.24) is 4.98 Å². The third kappa shape index (κ3) is 5.66. The fraction of sp³-hybridized carbons (Fsp3) is 0.235. The molecule has 1 aromatic carbocycles. The normalized spacial score (nSPS) is 10.1. The maximum atomic E-state index is 12.1. The Morgan fingerprint density at radius 3 is 2.63 bits per heavy atom. The van der Waals surface area contributed by atoms with Gasteiger partial charge in [-0.1, -0.05) is 30.3 Å². The van der Waals surface area contributed by atoms with Crippen molar-refractivity contribution in [2.75, 3.05) is 29.5 Å². The number of benzene rings is 1. The Kier molecular flexibility index (Phi) is 6.64. The van der Waals surface area contributed by atoms with Crippen molar-refractivity contribution < 1.29 is 19.2 Å². The highest BCUT2D eigenvalue weighted by atomic mass is 16.6. The molecule has 0 spiro atoms. The van der Waals surface area contributed by atoms with Gasteiger partial charge in [0.25, 0.3) is 0 Å². The second-order valence-corrected chi connectivity index (χ2v) is 5.45. The number of amides is 1. The summed E-state index contributed by atoms with van der Waals surface area (Å²) >= 11 is 0. The van der Waals surface area contributed by atoms with Crippen LogP contribution in [0, 0.1) is 10.1 Å². The molecular weight excluding hydrogens is 354 g/mol. The van der Waals surface area contributed by atoms with Gasteiger partial charge in [-0.3, -0.25) is 20.2 Å². The van der Waals surface area contributed by atoms with Crippen molar-refractivity contribution >= 4 is 34.9 Å². The number of pyridine rings is 1. The second kappa shape index (κ2) is 9.13. The molecule has 1 aromatic heterocycles. The van der Waals surface area contributed by atoms with E-state index in [0.29, 0.717) is 0 Å². The average molecular weight is 373 g/mol. The van der Waals surface area contributed by atoms with E-state index in [1.165, 1.54) is 6.07 Å². The zero-order valence-corrected chi connectivity index (χ0v) is 14.6. The molecule has 2 rings (SSSR count). The van der Waals surface area contributed by atoms with Crippen molar-refractivity contribution in [3.8, 4) is 0 Å². The van der Waals surface area contributed by atoms with E-state index >= 15 is 0 Å². The Labute approximate surface area is 154 Å². The van der Waals surface area contributed by atoms with Gasteiger partial charge in [-0.05, 0) is 12.5 Å². The molecule has 0 aliphatic rings. The average Bonchev–Trinajstić information content (AvgIpc) is 2.60. The summed E-state index contributed by atoms with van der Waals surface area (Å²) in [6.07, 6.45) is -0.597. The number of nitrogens with two attached hydrogens (primary N) is 1. The summed E-state index contributed by atoms with van der Waals surface area (Å²) in [4.78, 5) is 38.0. The smallest absolute Gasteiger partial charge is 0.412 e. The number of anilines is 3. The van der Waals surface area contributed by atoms with Crippen LogP contribution in [0.2, 0.25) is 0 Å².